The highest BCUT2D eigenvalue weighted by molar-refractivity contribution is 5.72. The first kappa shape index (κ1) is 19.5. The molecule has 6 heteroatoms. The molecule has 26 heavy (non-hydrogen) atoms. The van der Waals surface area contributed by atoms with Crippen molar-refractivity contribution in [2.45, 2.75) is 71.4 Å². The first-order chi connectivity index (χ1) is 12.2. The van der Waals surface area contributed by atoms with Gasteiger partial charge in [-0.1, -0.05) is 0 Å². The predicted octanol–water partition coefficient (Wildman–Crippen LogP) is 3.05. The van der Waals surface area contributed by atoms with Crippen LogP contribution >= 0.6 is 0 Å². The van der Waals surface area contributed by atoms with E-state index in [1.165, 1.54) is 0 Å². The van der Waals surface area contributed by atoms with Crippen LogP contribution < -0.4 is 0 Å². The van der Waals surface area contributed by atoms with Crippen molar-refractivity contribution >= 4 is 12.1 Å². The number of likely N-dealkylation sites (tertiary alicyclic amines) is 2. The lowest BCUT2D eigenvalue weighted by Gasteiger charge is -2.48. The van der Waals surface area contributed by atoms with Crippen molar-refractivity contribution in [3.8, 4) is 0 Å². The smallest absolute Gasteiger partial charge is 0.410 e. The molecule has 0 aromatic carbocycles. The Bertz CT molecular complexity index is 528. The number of amides is 1. The van der Waals surface area contributed by atoms with Crippen molar-refractivity contribution in [2.75, 3.05) is 32.8 Å². The van der Waals surface area contributed by atoms with Gasteiger partial charge in [-0.3, -0.25) is 9.69 Å². The molecule has 2 aliphatic heterocycles. The number of carbonyl (C=O) groups is 2. The average Bonchev–Trinajstić information content (AvgIpc) is 2.98. The summed E-state index contributed by atoms with van der Waals surface area (Å²) in [7, 11) is 0. The quantitative estimate of drug-likeness (QED) is 0.719. The van der Waals surface area contributed by atoms with E-state index in [-0.39, 0.29) is 23.4 Å². The molecule has 6 nitrogen and oxygen atoms in total. The molecular weight excluding hydrogens is 332 g/mol. The molecule has 0 N–H and O–H groups in total. The molecule has 3 aliphatic rings. The molecule has 1 aliphatic carbocycles. The summed E-state index contributed by atoms with van der Waals surface area (Å²) in [6.45, 7) is 11.9. The van der Waals surface area contributed by atoms with Crippen LogP contribution in [0.25, 0.3) is 0 Å². The summed E-state index contributed by atoms with van der Waals surface area (Å²) >= 11 is 0. The molecule has 1 spiro atoms. The van der Waals surface area contributed by atoms with E-state index in [1.54, 1.807) is 0 Å². The molecule has 2 heterocycles. The van der Waals surface area contributed by atoms with Crippen LogP contribution in [0.15, 0.2) is 0 Å². The molecule has 148 valence electrons. The summed E-state index contributed by atoms with van der Waals surface area (Å²) in [5, 5.41) is 0. The molecular formula is C20H34N2O4. The maximum absolute atomic E-state index is 12.2. The molecule has 2 saturated heterocycles. The van der Waals surface area contributed by atoms with Crippen molar-refractivity contribution < 1.29 is 19.1 Å². The van der Waals surface area contributed by atoms with Crippen molar-refractivity contribution in [3.63, 3.8) is 0 Å². The van der Waals surface area contributed by atoms with Gasteiger partial charge in [0.05, 0.1) is 12.5 Å². The van der Waals surface area contributed by atoms with Crippen LogP contribution in [0.1, 0.15) is 59.8 Å². The van der Waals surface area contributed by atoms with Crippen LogP contribution in [0.4, 0.5) is 4.79 Å². The Labute approximate surface area is 157 Å². The van der Waals surface area contributed by atoms with E-state index in [0.717, 1.165) is 58.3 Å². The number of carbonyl (C=O) groups excluding carboxylic acids is 2. The second-order valence-corrected chi connectivity index (χ2v) is 9.31. The molecule has 0 aromatic heterocycles. The molecule has 0 atom stereocenters. The number of hydrogen-bond acceptors (Lipinski definition) is 5. The second kappa shape index (κ2) is 7.37. The van der Waals surface area contributed by atoms with Gasteiger partial charge < -0.3 is 14.4 Å². The van der Waals surface area contributed by atoms with E-state index < -0.39 is 5.60 Å². The van der Waals surface area contributed by atoms with Crippen LogP contribution in [0.5, 0.6) is 0 Å². The fourth-order valence-electron chi connectivity index (χ4n) is 4.70. The molecule has 0 bridgehead atoms. The van der Waals surface area contributed by atoms with Gasteiger partial charge in [-0.15, -0.1) is 0 Å². The van der Waals surface area contributed by atoms with Crippen LogP contribution in [0.3, 0.4) is 0 Å². The van der Waals surface area contributed by atoms with Crippen molar-refractivity contribution in [1.82, 2.24) is 9.80 Å². The minimum absolute atomic E-state index is 0.0177. The summed E-state index contributed by atoms with van der Waals surface area (Å²) in [4.78, 5) is 28.5. The van der Waals surface area contributed by atoms with Gasteiger partial charge in [-0.25, -0.2) is 4.79 Å². The Morgan fingerprint density at radius 2 is 1.73 bits per heavy atom. The van der Waals surface area contributed by atoms with E-state index >= 15 is 0 Å². The average molecular weight is 367 g/mol. The number of rotatable bonds is 3. The van der Waals surface area contributed by atoms with Crippen molar-refractivity contribution in [2.24, 2.45) is 11.3 Å². The lowest BCUT2D eigenvalue weighted by molar-refractivity contribution is -0.149. The Morgan fingerprint density at radius 1 is 1.08 bits per heavy atom. The highest BCUT2D eigenvalue weighted by atomic mass is 16.6. The van der Waals surface area contributed by atoms with Gasteiger partial charge in [0.2, 0.25) is 0 Å². The molecule has 1 amide bonds. The number of hydrogen-bond donors (Lipinski definition) is 0. The van der Waals surface area contributed by atoms with Gasteiger partial charge in [-0.05, 0) is 66.3 Å². The number of ether oxygens (including phenoxy) is 2. The van der Waals surface area contributed by atoms with E-state index in [4.69, 9.17) is 9.47 Å². The molecule has 0 unspecified atom stereocenters. The monoisotopic (exact) mass is 366 g/mol. The minimum atomic E-state index is -0.431. The summed E-state index contributed by atoms with van der Waals surface area (Å²) in [6.07, 6.45) is 5.01. The highest BCUT2D eigenvalue weighted by Crippen LogP contribution is 2.42. The van der Waals surface area contributed by atoms with E-state index in [2.05, 4.69) is 4.90 Å². The number of nitrogens with zero attached hydrogens (tertiary/aromatic N) is 2. The first-order valence-electron chi connectivity index (χ1n) is 10.1. The van der Waals surface area contributed by atoms with Gasteiger partial charge in [0.1, 0.15) is 5.60 Å². The fraction of sp³-hybridized carbons (Fsp3) is 0.900. The SMILES string of the molecule is CCOC(=O)C1CCC(N2CCC3(CN(C(=O)OC(C)(C)C)C3)C2)CC1. The second-order valence-electron chi connectivity index (χ2n) is 9.31. The fourth-order valence-corrected chi connectivity index (χ4v) is 4.70. The Kier molecular flexibility index (Phi) is 5.52. The van der Waals surface area contributed by atoms with Crippen LogP contribution in [0, 0.1) is 11.3 Å². The molecule has 0 radical (unpaired) electrons. The number of esters is 1. The van der Waals surface area contributed by atoms with E-state index in [1.807, 2.05) is 32.6 Å². The maximum Gasteiger partial charge on any atom is 0.410 e. The zero-order valence-electron chi connectivity index (χ0n) is 16.8. The highest BCUT2D eigenvalue weighted by Gasteiger charge is 2.51. The Hall–Kier alpha value is -1.30. The minimum Gasteiger partial charge on any atom is -0.466 e. The normalized spacial score (nSPS) is 28.7. The van der Waals surface area contributed by atoms with Crippen molar-refractivity contribution in [3.05, 3.63) is 0 Å². The van der Waals surface area contributed by atoms with Crippen LogP contribution in [0.2, 0.25) is 0 Å². The van der Waals surface area contributed by atoms with Gasteiger partial charge in [0, 0.05) is 31.1 Å². The maximum atomic E-state index is 12.2. The third-order valence-electron chi connectivity index (χ3n) is 6.01. The molecule has 1 saturated carbocycles. The van der Waals surface area contributed by atoms with Gasteiger partial charge in [0.15, 0.2) is 0 Å². The zero-order valence-corrected chi connectivity index (χ0v) is 16.8. The Morgan fingerprint density at radius 3 is 2.31 bits per heavy atom. The third kappa shape index (κ3) is 4.33. The Balaban J connectivity index is 1.43. The molecule has 3 fully saturated rings. The summed E-state index contributed by atoms with van der Waals surface area (Å²) < 4.78 is 10.6. The summed E-state index contributed by atoms with van der Waals surface area (Å²) in [5.41, 5.74) is -0.173. The van der Waals surface area contributed by atoms with E-state index in [0.29, 0.717) is 12.6 Å². The van der Waals surface area contributed by atoms with Crippen LogP contribution in [-0.2, 0) is 14.3 Å². The van der Waals surface area contributed by atoms with Gasteiger partial charge in [0.25, 0.3) is 0 Å². The topological polar surface area (TPSA) is 59.1 Å². The molecule has 0 aromatic rings. The largest absolute Gasteiger partial charge is 0.466 e. The summed E-state index contributed by atoms with van der Waals surface area (Å²) in [5.74, 6) is 0.0740. The third-order valence-corrected chi connectivity index (χ3v) is 6.01. The van der Waals surface area contributed by atoms with Crippen molar-refractivity contribution in [1.29, 1.82) is 0 Å². The first-order valence-corrected chi connectivity index (χ1v) is 10.1. The lowest BCUT2D eigenvalue weighted by atomic mass is 9.79. The zero-order chi connectivity index (χ0) is 18.9. The van der Waals surface area contributed by atoms with Crippen LogP contribution in [-0.4, -0.2) is 66.3 Å². The summed E-state index contributed by atoms with van der Waals surface area (Å²) in [6, 6.07) is 0.579. The molecule has 3 rings (SSSR count). The van der Waals surface area contributed by atoms with E-state index in [9.17, 15) is 9.59 Å². The predicted molar refractivity (Wildman–Crippen MR) is 98.8 cm³/mol. The standard InChI is InChI=1S/C20H34N2O4/c1-5-25-17(23)15-6-8-16(9-7-15)21-11-10-20(12-21)13-22(14-20)18(24)26-19(2,3)4/h15-16H,5-14H2,1-4H3. The van der Waals surface area contributed by atoms with Gasteiger partial charge in [-0.2, -0.15) is 0 Å². The van der Waals surface area contributed by atoms with Gasteiger partial charge >= 0.3 is 12.1 Å². The lowest BCUT2D eigenvalue weighted by Crippen LogP contribution is -2.60.